The minimum absolute atomic E-state index is 0.298. The Morgan fingerprint density at radius 1 is 1.18 bits per heavy atom. The minimum atomic E-state index is 0.298. The zero-order valence-electron chi connectivity index (χ0n) is 14.3. The van der Waals surface area contributed by atoms with Gasteiger partial charge in [0.2, 0.25) is 0 Å². The van der Waals surface area contributed by atoms with Crippen molar-refractivity contribution in [3.05, 3.63) is 36.0 Å². The lowest BCUT2D eigenvalue weighted by atomic mass is 9.92. The molecule has 4 nitrogen and oxygen atoms in total. The van der Waals surface area contributed by atoms with E-state index in [1.807, 2.05) is 19.2 Å². The van der Waals surface area contributed by atoms with Gasteiger partial charge in [-0.15, -0.1) is 0 Å². The summed E-state index contributed by atoms with van der Waals surface area (Å²) in [6.07, 6.45) is 1.09. The normalized spacial score (nSPS) is 11.7. The topological polar surface area (TPSA) is 39.1 Å². The summed E-state index contributed by atoms with van der Waals surface area (Å²) in [5.74, 6) is 0.875. The van der Waals surface area contributed by atoms with Crippen LogP contribution in [0, 0.1) is 5.41 Å². The van der Waals surface area contributed by atoms with E-state index >= 15 is 0 Å². The average molecular weight is 301 g/mol. The van der Waals surface area contributed by atoms with E-state index in [4.69, 9.17) is 9.84 Å². The molecule has 0 atom stereocenters. The monoisotopic (exact) mass is 301 g/mol. The van der Waals surface area contributed by atoms with E-state index in [0.717, 1.165) is 36.6 Å². The molecule has 0 spiro atoms. The molecular formula is C18H27N3O. The molecule has 2 aromatic rings. The van der Waals surface area contributed by atoms with Gasteiger partial charge in [-0.05, 0) is 49.2 Å². The van der Waals surface area contributed by atoms with Crippen LogP contribution in [0.3, 0.4) is 0 Å². The number of rotatable bonds is 6. The third kappa shape index (κ3) is 4.34. The summed E-state index contributed by atoms with van der Waals surface area (Å²) < 4.78 is 7.36. The van der Waals surface area contributed by atoms with E-state index in [0.29, 0.717) is 5.41 Å². The molecule has 0 amide bonds. The second-order valence-corrected chi connectivity index (χ2v) is 6.81. The van der Waals surface area contributed by atoms with Gasteiger partial charge in [0.1, 0.15) is 5.75 Å². The molecule has 120 valence electrons. The van der Waals surface area contributed by atoms with Crippen LogP contribution in [-0.2, 0) is 13.1 Å². The number of ether oxygens (including phenoxy) is 1. The second kappa shape index (κ2) is 6.97. The second-order valence-electron chi connectivity index (χ2n) is 6.81. The van der Waals surface area contributed by atoms with Gasteiger partial charge < -0.3 is 10.1 Å². The molecule has 0 unspecified atom stereocenters. The van der Waals surface area contributed by atoms with E-state index in [9.17, 15) is 0 Å². The van der Waals surface area contributed by atoms with Crippen molar-refractivity contribution in [3.63, 3.8) is 0 Å². The van der Waals surface area contributed by atoms with Crippen LogP contribution in [0.5, 0.6) is 5.75 Å². The number of nitrogens with one attached hydrogen (secondary N) is 1. The maximum absolute atomic E-state index is 5.24. The van der Waals surface area contributed by atoms with E-state index in [1.165, 1.54) is 5.56 Å². The predicted octanol–water partition coefficient (Wildman–Crippen LogP) is 3.71. The van der Waals surface area contributed by atoms with Crippen LogP contribution in [0.25, 0.3) is 11.3 Å². The summed E-state index contributed by atoms with van der Waals surface area (Å²) in [5, 5.41) is 7.92. The fraction of sp³-hybridized carbons (Fsp3) is 0.500. The van der Waals surface area contributed by atoms with Crippen molar-refractivity contribution in [2.45, 2.75) is 40.3 Å². The Balaban J connectivity index is 2.30. The summed E-state index contributed by atoms with van der Waals surface area (Å²) in [6.45, 7) is 8.49. The van der Waals surface area contributed by atoms with E-state index < -0.39 is 0 Å². The lowest BCUT2D eigenvalue weighted by Gasteiger charge is -2.18. The van der Waals surface area contributed by atoms with Crippen molar-refractivity contribution in [1.29, 1.82) is 0 Å². The summed E-state index contributed by atoms with van der Waals surface area (Å²) in [4.78, 5) is 0. The number of hydrogen-bond acceptors (Lipinski definition) is 3. The summed E-state index contributed by atoms with van der Waals surface area (Å²) in [5.41, 5.74) is 3.70. The molecule has 0 radical (unpaired) electrons. The van der Waals surface area contributed by atoms with Gasteiger partial charge in [-0.1, -0.05) is 20.8 Å². The third-order valence-corrected chi connectivity index (χ3v) is 3.65. The van der Waals surface area contributed by atoms with Crippen molar-refractivity contribution in [2.75, 3.05) is 14.2 Å². The van der Waals surface area contributed by atoms with Gasteiger partial charge in [0, 0.05) is 18.7 Å². The third-order valence-electron chi connectivity index (χ3n) is 3.65. The largest absolute Gasteiger partial charge is 0.497 e. The Morgan fingerprint density at radius 3 is 2.41 bits per heavy atom. The Labute approximate surface area is 133 Å². The highest BCUT2D eigenvalue weighted by molar-refractivity contribution is 5.61. The summed E-state index contributed by atoms with van der Waals surface area (Å²) in [7, 11) is 3.63. The van der Waals surface area contributed by atoms with Gasteiger partial charge >= 0.3 is 0 Å². The Morgan fingerprint density at radius 2 is 1.86 bits per heavy atom. The van der Waals surface area contributed by atoms with Crippen molar-refractivity contribution >= 4 is 0 Å². The molecular weight excluding hydrogens is 274 g/mol. The average Bonchev–Trinajstić information content (AvgIpc) is 2.88. The highest BCUT2D eigenvalue weighted by Crippen LogP contribution is 2.26. The van der Waals surface area contributed by atoms with Crippen LogP contribution in [0.15, 0.2) is 30.3 Å². The van der Waals surface area contributed by atoms with Gasteiger partial charge in [-0.3, -0.25) is 4.68 Å². The van der Waals surface area contributed by atoms with Crippen molar-refractivity contribution < 1.29 is 4.74 Å². The van der Waals surface area contributed by atoms with Gasteiger partial charge in [-0.2, -0.15) is 5.10 Å². The first-order chi connectivity index (χ1) is 10.4. The minimum Gasteiger partial charge on any atom is -0.497 e. The highest BCUT2D eigenvalue weighted by atomic mass is 16.5. The molecule has 1 aromatic carbocycles. The molecule has 0 aliphatic rings. The maximum atomic E-state index is 5.24. The van der Waals surface area contributed by atoms with Crippen LogP contribution in [0.1, 0.15) is 32.9 Å². The summed E-state index contributed by atoms with van der Waals surface area (Å²) in [6, 6.07) is 10.3. The van der Waals surface area contributed by atoms with E-state index in [1.54, 1.807) is 7.11 Å². The molecule has 0 saturated carbocycles. The van der Waals surface area contributed by atoms with Gasteiger partial charge in [0.25, 0.3) is 0 Å². The molecule has 0 fully saturated rings. The fourth-order valence-electron chi connectivity index (χ4n) is 2.34. The molecule has 0 aliphatic carbocycles. The molecule has 0 saturated heterocycles. The molecule has 1 N–H and O–H groups in total. The predicted molar refractivity (Wildman–Crippen MR) is 91.1 cm³/mol. The van der Waals surface area contributed by atoms with Gasteiger partial charge in [-0.25, -0.2) is 0 Å². The van der Waals surface area contributed by atoms with Gasteiger partial charge in [0.15, 0.2) is 0 Å². The number of benzene rings is 1. The first-order valence-electron chi connectivity index (χ1n) is 7.79. The highest BCUT2D eigenvalue weighted by Gasteiger charge is 2.14. The fourth-order valence-corrected chi connectivity index (χ4v) is 2.34. The van der Waals surface area contributed by atoms with Crippen LogP contribution >= 0.6 is 0 Å². The molecule has 2 rings (SSSR count). The molecule has 0 aliphatic heterocycles. The van der Waals surface area contributed by atoms with Gasteiger partial charge in [0.05, 0.1) is 18.5 Å². The van der Waals surface area contributed by atoms with Crippen LogP contribution in [0.2, 0.25) is 0 Å². The standard InChI is InChI=1S/C18H27N3O/c1-18(2,3)10-11-21-17(12-15(20-21)13-19-4)14-6-8-16(22-5)9-7-14/h6-9,12,19H,10-11,13H2,1-5H3. The molecule has 0 bridgehead atoms. The number of methoxy groups -OCH3 is 1. The van der Waals surface area contributed by atoms with Crippen molar-refractivity contribution in [2.24, 2.45) is 5.41 Å². The molecule has 22 heavy (non-hydrogen) atoms. The zero-order chi connectivity index (χ0) is 16.2. The number of hydrogen-bond donors (Lipinski definition) is 1. The van der Waals surface area contributed by atoms with Crippen LogP contribution in [0.4, 0.5) is 0 Å². The van der Waals surface area contributed by atoms with Crippen LogP contribution in [-0.4, -0.2) is 23.9 Å². The lowest BCUT2D eigenvalue weighted by Crippen LogP contribution is -2.13. The number of nitrogens with zero attached hydrogens (tertiary/aromatic N) is 2. The Bertz CT molecular complexity index is 594. The quantitative estimate of drug-likeness (QED) is 0.884. The molecule has 1 heterocycles. The maximum Gasteiger partial charge on any atom is 0.118 e. The first-order valence-corrected chi connectivity index (χ1v) is 7.79. The SMILES string of the molecule is CNCc1cc(-c2ccc(OC)cc2)n(CCC(C)(C)C)n1. The zero-order valence-corrected chi connectivity index (χ0v) is 14.3. The van der Waals surface area contributed by atoms with E-state index in [2.05, 4.69) is 49.0 Å². The lowest BCUT2D eigenvalue weighted by molar-refractivity contribution is 0.341. The first kappa shape index (κ1) is 16.6. The Kier molecular flexibility index (Phi) is 5.24. The van der Waals surface area contributed by atoms with Crippen molar-refractivity contribution in [3.8, 4) is 17.0 Å². The van der Waals surface area contributed by atoms with E-state index in [-0.39, 0.29) is 0 Å². The van der Waals surface area contributed by atoms with Crippen molar-refractivity contribution in [1.82, 2.24) is 15.1 Å². The molecule has 4 heteroatoms. The van der Waals surface area contributed by atoms with Crippen LogP contribution < -0.4 is 10.1 Å². The number of aryl methyl sites for hydroxylation is 1. The Hall–Kier alpha value is -1.81. The number of aromatic nitrogens is 2. The molecule has 1 aromatic heterocycles. The summed E-state index contributed by atoms with van der Waals surface area (Å²) >= 11 is 0. The smallest absolute Gasteiger partial charge is 0.118 e.